The maximum atomic E-state index is 13.2. The molecule has 0 spiro atoms. The van der Waals surface area contributed by atoms with Crippen LogP contribution in [0, 0.1) is 5.82 Å². The number of aryl methyl sites for hydroxylation is 2. The number of benzene rings is 1. The van der Waals surface area contributed by atoms with Crippen LogP contribution in [0.4, 0.5) is 10.1 Å². The zero-order chi connectivity index (χ0) is 13.1. The van der Waals surface area contributed by atoms with Crippen LogP contribution in [0.1, 0.15) is 5.56 Å². The van der Waals surface area contributed by atoms with Gasteiger partial charge in [-0.05, 0) is 30.2 Å². The first-order chi connectivity index (χ1) is 8.56. The largest absolute Gasteiger partial charge is 0.396 e. The summed E-state index contributed by atoms with van der Waals surface area (Å²) in [6, 6.07) is 4.26. The fraction of sp³-hybridized carbons (Fsp3) is 0.250. The summed E-state index contributed by atoms with van der Waals surface area (Å²) in [5.41, 5.74) is 6.46. The van der Waals surface area contributed by atoms with E-state index in [-0.39, 0.29) is 5.69 Å². The Morgan fingerprint density at radius 1 is 1.50 bits per heavy atom. The molecule has 6 heteroatoms. The van der Waals surface area contributed by atoms with E-state index in [0.717, 1.165) is 5.56 Å². The molecule has 1 heterocycles. The zero-order valence-corrected chi connectivity index (χ0v) is 10.8. The third kappa shape index (κ3) is 2.95. The van der Waals surface area contributed by atoms with E-state index >= 15 is 0 Å². The maximum absolute atomic E-state index is 13.2. The summed E-state index contributed by atoms with van der Waals surface area (Å²) in [6.07, 6.45) is 4.26. The molecule has 0 aliphatic heterocycles. The van der Waals surface area contributed by atoms with Crippen LogP contribution >= 0.6 is 0 Å². The smallest absolute Gasteiger partial charge is 0.147 e. The summed E-state index contributed by atoms with van der Waals surface area (Å²) < 4.78 is 26.9. The molecule has 4 nitrogen and oxygen atoms in total. The van der Waals surface area contributed by atoms with Gasteiger partial charge in [-0.1, -0.05) is 0 Å². The van der Waals surface area contributed by atoms with E-state index in [2.05, 4.69) is 5.10 Å². The number of rotatable bonds is 4. The number of aromatic nitrogens is 2. The van der Waals surface area contributed by atoms with Crippen LogP contribution in [0.15, 0.2) is 35.5 Å². The molecular weight excluding hydrogens is 253 g/mol. The first kappa shape index (κ1) is 12.8. The van der Waals surface area contributed by atoms with Gasteiger partial charge in [0, 0.05) is 23.9 Å². The summed E-state index contributed by atoms with van der Waals surface area (Å²) in [5, 5.41) is 4.03. The highest BCUT2D eigenvalue weighted by molar-refractivity contribution is 7.85. The lowest BCUT2D eigenvalue weighted by atomic mass is 10.3. The van der Waals surface area contributed by atoms with Crippen molar-refractivity contribution < 1.29 is 8.60 Å². The Bertz CT molecular complexity index is 582. The topological polar surface area (TPSA) is 60.9 Å². The van der Waals surface area contributed by atoms with Gasteiger partial charge in [0.05, 0.1) is 22.7 Å². The van der Waals surface area contributed by atoms with Crippen LogP contribution in [-0.2, 0) is 24.3 Å². The molecule has 2 rings (SSSR count). The second kappa shape index (κ2) is 5.30. The minimum absolute atomic E-state index is 0.0722. The van der Waals surface area contributed by atoms with Gasteiger partial charge in [-0.25, -0.2) is 4.39 Å². The molecule has 1 atom stereocenters. The normalized spacial score (nSPS) is 12.6. The lowest BCUT2D eigenvalue weighted by Gasteiger charge is -2.03. The molecule has 0 bridgehead atoms. The van der Waals surface area contributed by atoms with Crippen LogP contribution in [0.5, 0.6) is 0 Å². The van der Waals surface area contributed by atoms with Gasteiger partial charge in [0.2, 0.25) is 0 Å². The molecule has 0 aliphatic carbocycles. The van der Waals surface area contributed by atoms with Crippen LogP contribution in [-0.4, -0.2) is 19.7 Å². The Morgan fingerprint density at radius 2 is 2.28 bits per heavy atom. The number of halogens is 1. The van der Waals surface area contributed by atoms with E-state index in [1.165, 1.54) is 12.1 Å². The predicted octanol–water partition coefficient (Wildman–Crippen LogP) is 1.49. The third-order valence-electron chi connectivity index (χ3n) is 2.57. The van der Waals surface area contributed by atoms with E-state index in [0.29, 0.717) is 17.1 Å². The number of nitrogens with zero attached hydrogens (tertiary/aromatic N) is 2. The van der Waals surface area contributed by atoms with E-state index in [9.17, 15) is 8.60 Å². The van der Waals surface area contributed by atoms with Gasteiger partial charge >= 0.3 is 0 Å². The highest BCUT2D eigenvalue weighted by atomic mass is 32.2. The first-order valence-electron chi connectivity index (χ1n) is 5.47. The molecule has 0 aliphatic rings. The van der Waals surface area contributed by atoms with Gasteiger partial charge in [0.15, 0.2) is 0 Å². The zero-order valence-electron chi connectivity index (χ0n) is 9.97. The van der Waals surface area contributed by atoms with Gasteiger partial charge < -0.3 is 5.73 Å². The van der Waals surface area contributed by atoms with Crippen LogP contribution in [0.3, 0.4) is 0 Å². The predicted molar refractivity (Wildman–Crippen MR) is 69.0 cm³/mol. The van der Waals surface area contributed by atoms with Crippen LogP contribution in [0.25, 0.3) is 0 Å². The monoisotopic (exact) mass is 267 g/mol. The van der Waals surface area contributed by atoms with Crippen LogP contribution < -0.4 is 5.73 Å². The summed E-state index contributed by atoms with van der Waals surface area (Å²) in [6.45, 7) is 0. The Balaban J connectivity index is 2.01. The molecule has 0 saturated heterocycles. The third-order valence-corrected chi connectivity index (χ3v) is 3.92. The molecule has 1 aromatic carbocycles. The Hall–Kier alpha value is -1.69. The SMILES string of the molecule is Cn1cc(CCS(=O)c2ccc(N)c(F)c2)cn1. The van der Waals surface area contributed by atoms with Crippen molar-refractivity contribution in [2.45, 2.75) is 11.3 Å². The number of hydrogen-bond acceptors (Lipinski definition) is 3. The maximum Gasteiger partial charge on any atom is 0.147 e. The highest BCUT2D eigenvalue weighted by Crippen LogP contribution is 2.15. The molecule has 0 amide bonds. The molecule has 96 valence electrons. The minimum Gasteiger partial charge on any atom is -0.396 e. The molecule has 0 fully saturated rings. The Kier molecular flexibility index (Phi) is 3.76. The molecule has 0 saturated carbocycles. The van der Waals surface area contributed by atoms with Crippen LogP contribution in [0.2, 0.25) is 0 Å². The van der Waals surface area contributed by atoms with Crippen molar-refractivity contribution in [1.82, 2.24) is 9.78 Å². The van der Waals surface area contributed by atoms with E-state index in [4.69, 9.17) is 5.73 Å². The second-order valence-electron chi connectivity index (χ2n) is 4.01. The van der Waals surface area contributed by atoms with E-state index in [1.54, 1.807) is 16.9 Å². The van der Waals surface area contributed by atoms with Crippen molar-refractivity contribution >= 4 is 16.5 Å². The number of nitrogen functional groups attached to an aromatic ring is 1. The van der Waals surface area contributed by atoms with Crippen molar-refractivity contribution in [2.24, 2.45) is 7.05 Å². The number of anilines is 1. The lowest BCUT2D eigenvalue weighted by molar-refractivity contribution is 0.627. The van der Waals surface area contributed by atoms with E-state index < -0.39 is 16.6 Å². The summed E-state index contributed by atoms with van der Waals surface area (Å²) in [7, 11) is 0.603. The van der Waals surface area contributed by atoms with Crippen molar-refractivity contribution in [1.29, 1.82) is 0 Å². The average molecular weight is 267 g/mol. The molecule has 18 heavy (non-hydrogen) atoms. The molecular formula is C12H14FN3OS. The van der Waals surface area contributed by atoms with Crippen molar-refractivity contribution in [2.75, 3.05) is 11.5 Å². The minimum atomic E-state index is -1.23. The highest BCUT2D eigenvalue weighted by Gasteiger charge is 2.08. The number of hydrogen-bond donors (Lipinski definition) is 1. The molecule has 0 radical (unpaired) electrons. The van der Waals surface area contributed by atoms with Gasteiger partial charge in [-0.2, -0.15) is 5.10 Å². The van der Waals surface area contributed by atoms with Gasteiger partial charge in [0.25, 0.3) is 0 Å². The Morgan fingerprint density at radius 3 is 2.89 bits per heavy atom. The quantitative estimate of drug-likeness (QED) is 0.854. The molecule has 2 N–H and O–H groups in total. The Labute approximate surface area is 107 Å². The average Bonchev–Trinajstić information content (AvgIpc) is 2.75. The van der Waals surface area contributed by atoms with Gasteiger partial charge in [-0.15, -0.1) is 0 Å². The van der Waals surface area contributed by atoms with Crippen molar-refractivity contribution in [3.05, 3.63) is 42.0 Å². The molecule has 2 aromatic rings. The summed E-state index contributed by atoms with van der Waals surface area (Å²) in [5.74, 6) is -0.0862. The van der Waals surface area contributed by atoms with Crippen molar-refractivity contribution in [3.8, 4) is 0 Å². The fourth-order valence-corrected chi connectivity index (χ4v) is 2.69. The van der Waals surface area contributed by atoms with E-state index in [1.807, 2.05) is 13.2 Å². The van der Waals surface area contributed by atoms with Gasteiger partial charge in [-0.3, -0.25) is 8.89 Å². The molecule has 1 aromatic heterocycles. The lowest BCUT2D eigenvalue weighted by Crippen LogP contribution is -2.02. The second-order valence-corrected chi connectivity index (χ2v) is 5.58. The summed E-state index contributed by atoms with van der Waals surface area (Å²) >= 11 is 0. The van der Waals surface area contributed by atoms with Crippen molar-refractivity contribution in [3.63, 3.8) is 0 Å². The number of nitrogens with two attached hydrogens (primary N) is 1. The molecule has 1 unspecified atom stereocenters. The van der Waals surface area contributed by atoms with Gasteiger partial charge in [0.1, 0.15) is 5.82 Å². The standard InChI is InChI=1S/C12H14FN3OS/c1-16-8-9(7-15-16)4-5-18(17)10-2-3-12(14)11(13)6-10/h2-3,6-8H,4-5,14H2,1H3. The fourth-order valence-electron chi connectivity index (χ4n) is 1.58. The first-order valence-corrected chi connectivity index (χ1v) is 6.79. The summed E-state index contributed by atoms with van der Waals surface area (Å²) in [4.78, 5) is 0.464.